The molecule has 0 aromatic heterocycles. The Morgan fingerprint density at radius 3 is 2.76 bits per heavy atom. The molecule has 0 spiro atoms. The number of carboxylic acid groups (broad SMARTS) is 1. The van der Waals surface area contributed by atoms with Gasteiger partial charge in [0, 0.05) is 16.3 Å². The quantitative estimate of drug-likeness (QED) is 0.619. The summed E-state index contributed by atoms with van der Waals surface area (Å²) in [5, 5.41) is 11.9. The highest BCUT2D eigenvalue weighted by Gasteiger charge is 2.05. The second-order valence-electron chi connectivity index (χ2n) is 4.77. The van der Waals surface area contributed by atoms with Crippen LogP contribution in [0.2, 0.25) is 5.02 Å². The molecule has 1 atom stereocenters. The summed E-state index contributed by atoms with van der Waals surface area (Å²) >= 11 is 5.84. The summed E-state index contributed by atoms with van der Waals surface area (Å²) in [6, 6.07) is 6.90. The number of benzene rings is 1. The molecule has 1 unspecified atom stereocenters. The first-order valence-electron chi connectivity index (χ1n) is 6.52. The van der Waals surface area contributed by atoms with E-state index < -0.39 is 5.97 Å². The zero-order valence-corrected chi connectivity index (χ0v) is 12.7. The van der Waals surface area contributed by atoms with E-state index in [4.69, 9.17) is 16.7 Å². The summed E-state index contributed by atoms with van der Waals surface area (Å²) in [5.41, 5.74) is 1.15. The molecule has 2 N–H and O–H groups in total. The van der Waals surface area contributed by atoms with Crippen molar-refractivity contribution in [3.8, 4) is 0 Å². The van der Waals surface area contributed by atoms with E-state index in [0.717, 1.165) is 0 Å². The lowest BCUT2D eigenvalue weighted by atomic mass is 10.1. The lowest BCUT2D eigenvalue weighted by Gasteiger charge is -2.05. The van der Waals surface area contributed by atoms with E-state index in [-0.39, 0.29) is 18.2 Å². The van der Waals surface area contributed by atoms with Crippen molar-refractivity contribution in [1.82, 2.24) is 0 Å². The summed E-state index contributed by atoms with van der Waals surface area (Å²) in [7, 11) is 0. The number of hydrogen-bond acceptors (Lipinski definition) is 2. The number of carboxylic acids is 1. The summed E-state index contributed by atoms with van der Waals surface area (Å²) in [5.74, 6) is -1.15. The second kappa shape index (κ2) is 8.27. The van der Waals surface area contributed by atoms with Crippen LogP contribution in [0.15, 0.2) is 48.1 Å². The van der Waals surface area contributed by atoms with E-state index in [2.05, 4.69) is 5.32 Å². The fraction of sp³-hybridized carbons (Fsp3) is 0.250. The lowest BCUT2D eigenvalue weighted by Crippen LogP contribution is -2.12. The molecule has 0 saturated heterocycles. The van der Waals surface area contributed by atoms with Crippen LogP contribution in [0, 0.1) is 5.92 Å². The molecule has 0 aliphatic heterocycles. The summed E-state index contributed by atoms with van der Waals surface area (Å²) in [6.45, 7) is 3.49. The van der Waals surface area contributed by atoms with Gasteiger partial charge in [0.2, 0.25) is 0 Å². The lowest BCUT2D eigenvalue weighted by molar-refractivity contribution is -0.137. The van der Waals surface area contributed by atoms with E-state index in [1.54, 1.807) is 56.3 Å². The largest absolute Gasteiger partial charge is 0.481 e. The van der Waals surface area contributed by atoms with Gasteiger partial charge in [0.25, 0.3) is 5.91 Å². The molecular formula is C16H18ClNO3. The number of nitrogens with one attached hydrogen (secondary N) is 1. The minimum atomic E-state index is -0.841. The van der Waals surface area contributed by atoms with Crippen molar-refractivity contribution in [2.75, 3.05) is 5.32 Å². The Balaban J connectivity index is 2.59. The molecule has 1 rings (SSSR count). The van der Waals surface area contributed by atoms with Gasteiger partial charge < -0.3 is 10.4 Å². The average Bonchev–Trinajstić information content (AvgIpc) is 2.37. The van der Waals surface area contributed by atoms with Crippen LogP contribution in [0.4, 0.5) is 5.69 Å². The van der Waals surface area contributed by atoms with Gasteiger partial charge in [-0.15, -0.1) is 0 Å². The normalized spacial score (nSPS) is 13.2. The molecule has 4 nitrogen and oxygen atoms in total. The van der Waals surface area contributed by atoms with Crippen molar-refractivity contribution in [2.24, 2.45) is 5.92 Å². The van der Waals surface area contributed by atoms with Crippen molar-refractivity contribution in [2.45, 2.75) is 20.3 Å². The topological polar surface area (TPSA) is 66.4 Å². The molecule has 0 bridgehead atoms. The van der Waals surface area contributed by atoms with Gasteiger partial charge in [-0.2, -0.15) is 0 Å². The van der Waals surface area contributed by atoms with Crippen LogP contribution < -0.4 is 5.32 Å². The molecule has 0 fully saturated rings. The Hall–Kier alpha value is -2.07. The number of amides is 1. The van der Waals surface area contributed by atoms with Crippen molar-refractivity contribution in [3.63, 3.8) is 0 Å². The van der Waals surface area contributed by atoms with E-state index >= 15 is 0 Å². The molecule has 1 aromatic rings. The molecule has 112 valence electrons. The third-order valence-corrected chi connectivity index (χ3v) is 2.96. The van der Waals surface area contributed by atoms with Gasteiger partial charge in [-0.1, -0.05) is 42.8 Å². The molecule has 1 amide bonds. The van der Waals surface area contributed by atoms with Crippen LogP contribution in [-0.4, -0.2) is 17.0 Å². The predicted molar refractivity (Wildman–Crippen MR) is 84.4 cm³/mol. The van der Waals surface area contributed by atoms with E-state index in [0.29, 0.717) is 16.3 Å². The van der Waals surface area contributed by atoms with Crippen molar-refractivity contribution >= 4 is 29.2 Å². The van der Waals surface area contributed by atoms with Crippen molar-refractivity contribution in [1.29, 1.82) is 0 Å². The number of rotatable bonds is 6. The fourth-order valence-corrected chi connectivity index (χ4v) is 1.79. The van der Waals surface area contributed by atoms with E-state index in [9.17, 15) is 9.59 Å². The third kappa shape index (κ3) is 6.77. The highest BCUT2D eigenvalue weighted by Crippen LogP contribution is 2.15. The molecule has 5 heteroatoms. The summed E-state index contributed by atoms with van der Waals surface area (Å²) in [6.07, 6.45) is 5.17. The van der Waals surface area contributed by atoms with Crippen molar-refractivity contribution < 1.29 is 14.7 Å². The molecule has 0 saturated carbocycles. The number of carbonyl (C=O) groups is 2. The van der Waals surface area contributed by atoms with E-state index in [1.807, 2.05) is 0 Å². The number of allylic oxidation sites excluding steroid dienone is 3. The van der Waals surface area contributed by atoms with Crippen LogP contribution in [0.5, 0.6) is 0 Å². The number of aliphatic carboxylic acids is 1. The van der Waals surface area contributed by atoms with Crippen LogP contribution >= 0.6 is 11.6 Å². The first-order valence-corrected chi connectivity index (χ1v) is 6.90. The maximum absolute atomic E-state index is 11.9. The second-order valence-corrected chi connectivity index (χ2v) is 5.21. The highest BCUT2D eigenvalue weighted by atomic mass is 35.5. The number of halogens is 1. The first-order chi connectivity index (χ1) is 9.88. The van der Waals surface area contributed by atoms with Gasteiger partial charge in [-0.3, -0.25) is 9.59 Å². The van der Waals surface area contributed by atoms with Gasteiger partial charge in [-0.25, -0.2) is 0 Å². The Labute approximate surface area is 129 Å². The standard InChI is InChI=1S/C16H18ClNO3/c1-11(9-15(19)20)5-3-6-12(2)16(21)18-14-8-4-7-13(17)10-14/h3-8,10-11H,9H2,1-2H3,(H,18,21)(H,19,20)/b5-3-,12-6+. The monoisotopic (exact) mass is 307 g/mol. The molecule has 0 radical (unpaired) electrons. The Morgan fingerprint density at radius 1 is 1.43 bits per heavy atom. The zero-order chi connectivity index (χ0) is 15.8. The smallest absolute Gasteiger partial charge is 0.303 e. The van der Waals surface area contributed by atoms with Gasteiger partial charge in [0.15, 0.2) is 0 Å². The van der Waals surface area contributed by atoms with Crippen LogP contribution in [0.3, 0.4) is 0 Å². The molecule has 0 heterocycles. The summed E-state index contributed by atoms with van der Waals surface area (Å²) < 4.78 is 0. The average molecular weight is 308 g/mol. The minimum Gasteiger partial charge on any atom is -0.481 e. The maximum Gasteiger partial charge on any atom is 0.303 e. The first kappa shape index (κ1) is 17.0. The third-order valence-electron chi connectivity index (χ3n) is 2.72. The van der Waals surface area contributed by atoms with Crippen LogP contribution in [0.1, 0.15) is 20.3 Å². The molecule has 0 aliphatic rings. The van der Waals surface area contributed by atoms with E-state index in [1.165, 1.54) is 0 Å². The zero-order valence-electron chi connectivity index (χ0n) is 12.0. The summed E-state index contributed by atoms with van der Waals surface area (Å²) in [4.78, 5) is 22.4. The highest BCUT2D eigenvalue weighted by molar-refractivity contribution is 6.30. The molecule has 0 aliphatic carbocycles. The Kier molecular flexibility index (Phi) is 6.69. The number of carbonyl (C=O) groups excluding carboxylic acids is 1. The molecule has 21 heavy (non-hydrogen) atoms. The van der Waals surface area contributed by atoms with Crippen LogP contribution in [-0.2, 0) is 9.59 Å². The Morgan fingerprint density at radius 2 is 2.14 bits per heavy atom. The SMILES string of the molecule is C/C(=C\C=C/C(C)CC(=O)O)C(=O)Nc1cccc(Cl)c1. The van der Waals surface area contributed by atoms with Gasteiger partial charge in [0.1, 0.15) is 0 Å². The molecule has 1 aromatic carbocycles. The van der Waals surface area contributed by atoms with Gasteiger partial charge >= 0.3 is 5.97 Å². The van der Waals surface area contributed by atoms with Gasteiger partial charge in [0.05, 0.1) is 6.42 Å². The van der Waals surface area contributed by atoms with Gasteiger partial charge in [-0.05, 0) is 31.0 Å². The minimum absolute atomic E-state index is 0.0676. The fourth-order valence-electron chi connectivity index (χ4n) is 1.60. The van der Waals surface area contributed by atoms with Crippen LogP contribution in [0.25, 0.3) is 0 Å². The number of anilines is 1. The predicted octanol–water partition coefficient (Wildman–Crippen LogP) is 3.89. The maximum atomic E-state index is 11.9. The van der Waals surface area contributed by atoms with Crippen molar-refractivity contribution in [3.05, 3.63) is 53.1 Å². The Bertz CT molecular complexity index is 579. The number of hydrogen-bond donors (Lipinski definition) is 2. The molecular weight excluding hydrogens is 290 g/mol.